The fourth-order valence-electron chi connectivity index (χ4n) is 5.70. The van der Waals surface area contributed by atoms with Gasteiger partial charge in [0.2, 0.25) is 0 Å². The molecule has 42 heavy (non-hydrogen) atoms. The average molecular weight is 565 g/mol. The van der Waals surface area contributed by atoms with E-state index >= 15 is 4.39 Å². The molecule has 0 aliphatic carbocycles. The van der Waals surface area contributed by atoms with Gasteiger partial charge in [-0.05, 0) is 81.0 Å². The van der Waals surface area contributed by atoms with Crippen molar-refractivity contribution in [1.29, 1.82) is 0 Å². The van der Waals surface area contributed by atoms with Crippen molar-refractivity contribution in [3.05, 3.63) is 102 Å². The number of carbonyl (C=O) groups is 1. The fourth-order valence-corrected chi connectivity index (χ4v) is 5.70. The largest absolute Gasteiger partial charge is 0.493 e. The zero-order valence-electron chi connectivity index (χ0n) is 24.1. The van der Waals surface area contributed by atoms with Crippen LogP contribution in [0.2, 0.25) is 0 Å². The van der Waals surface area contributed by atoms with Crippen LogP contribution in [0.15, 0.2) is 79.1 Å². The number of rotatable bonds is 6. The third-order valence-corrected chi connectivity index (χ3v) is 7.50. The predicted molar refractivity (Wildman–Crippen MR) is 161 cm³/mol. The molecule has 0 fully saturated rings. The lowest BCUT2D eigenvalue weighted by Gasteiger charge is -2.28. The van der Waals surface area contributed by atoms with Gasteiger partial charge in [0.1, 0.15) is 17.2 Å². The number of carboxylic acid groups (broad SMARTS) is 1. The number of ether oxygens (including phenoxy) is 2. The van der Waals surface area contributed by atoms with Crippen molar-refractivity contribution in [3.63, 3.8) is 0 Å². The van der Waals surface area contributed by atoms with Gasteiger partial charge in [-0.3, -0.25) is 0 Å². The van der Waals surface area contributed by atoms with Crippen molar-refractivity contribution in [2.24, 2.45) is 0 Å². The molecule has 3 heterocycles. The minimum atomic E-state index is -1.24. The molecule has 1 aliphatic heterocycles. The number of aliphatic carboxylic acids is 1. The summed E-state index contributed by atoms with van der Waals surface area (Å²) in [4.78, 5) is 17.7. The Morgan fingerprint density at radius 3 is 2.52 bits per heavy atom. The second-order valence-corrected chi connectivity index (χ2v) is 11.7. The molecule has 3 aromatic carbocycles. The van der Waals surface area contributed by atoms with E-state index < -0.39 is 17.7 Å². The highest BCUT2D eigenvalue weighted by atomic mass is 19.1. The zero-order valence-corrected chi connectivity index (χ0v) is 24.1. The SMILES string of the molecule is Cc1cn2cc(-c3cccc(-c4ccccc4)c3F)nc2c(-c2ccc3c(c2)CCCO3)c1C(OC(C)(C)C)C(=O)O. The van der Waals surface area contributed by atoms with Crippen molar-refractivity contribution in [2.75, 3.05) is 6.61 Å². The van der Waals surface area contributed by atoms with E-state index in [1.54, 1.807) is 18.3 Å². The van der Waals surface area contributed by atoms with Crippen LogP contribution in [0, 0.1) is 12.7 Å². The Hall–Kier alpha value is -4.49. The van der Waals surface area contributed by atoms with Crippen molar-refractivity contribution >= 4 is 11.6 Å². The third kappa shape index (κ3) is 5.16. The standard InChI is InChI=1S/C35H33FN2O4/c1-21-19-38-20-27(26-14-8-13-25(31(26)36)22-10-6-5-7-11-22)37-33(38)30(29(21)32(34(39)40)42-35(2,3)4)24-15-16-28-23(18-24)12-9-17-41-28/h5-8,10-11,13-16,18-20,32H,9,12,17H2,1-4H3,(H,39,40). The van der Waals surface area contributed by atoms with Gasteiger partial charge >= 0.3 is 5.97 Å². The first kappa shape index (κ1) is 27.7. The normalized spacial score (nSPS) is 13.9. The van der Waals surface area contributed by atoms with Crippen molar-refractivity contribution in [2.45, 2.75) is 52.2 Å². The molecule has 0 radical (unpaired) electrons. The van der Waals surface area contributed by atoms with Crippen LogP contribution in [-0.4, -0.2) is 32.7 Å². The number of halogens is 1. The van der Waals surface area contributed by atoms with E-state index in [9.17, 15) is 9.90 Å². The summed E-state index contributed by atoms with van der Waals surface area (Å²) in [6, 6.07) is 20.6. The van der Waals surface area contributed by atoms with Gasteiger partial charge < -0.3 is 19.0 Å². The molecule has 1 unspecified atom stereocenters. The van der Waals surface area contributed by atoms with Crippen LogP contribution in [0.5, 0.6) is 5.75 Å². The highest BCUT2D eigenvalue weighted by Crippen LogP contribution is 2.41. The molecule has 1 atom stereocenters. The minimum absolute atomic E-state index is 0.365. The molecule has 0 spiro atoms. The van der Waals surface area contributed by atoms with Gasteiger partial charge in [0.05, 0.1) is 17.9 Å². The molecule has 0 amide bonds. The van der Waals surface area contributed by atoms with Gasteiger partial charge in [-0.1, -0.05) is 48.5 Å². The lowest BCUT2D eigenvalue weighted by Crippen LogP contribution is -2.28. The topological polar surface area (TPSA) is 73.1 Å². The van der Waals surface area contributed by atoms with Crippen LogP contribution in [0.4, 0.5) is 4.39 Å². The molecule has 214 valence electrons. The number of fused-ring (bicyclic) bond motifs is 2. The maximum Gasteiger partial charge on any atom is 0.337 e. The van der Waals surface area contributed by atoms with Gasteiger partial charge in [-0.2, -0.15) is 0 Å². The monoisotopic (exact) mass is 564 g/mol. The minimum Gasteiger partial charge on any atom is -0.493 e. The Balaban J connectivity index is 1.60. The lowest BCUT2D eigenvalue weighted by atomic mass is 9.91. The Kier molecular flexibility index (Phi) is 7.07. The molecular formula is C35H33FN2O4. The summed E-state index contributed by atoms with van der Waals surface area (Å²) in [6.07, 6.45) is 4.16. The number of benzene rings is 3. The molecule has 2 aromatic heterocycles. The number of hydrogen-bond donors (Lipinski definition) is 1. The maximum atomic E-state index is 16.0. The lowest BCUT2D eigenvalue weighted by molar-refractivity contribution is -0.160. The molecule has 1 N–H and O–H groups in total. The maximum absolute atomic E-state index is 16.0. The fraction of sp³-hybridized carbons (Fsp3) is 0.257. The first-order valence-electron chi connectivity index (χ1n) is 14.1. The summed E-state index contributed by atoms with van der Waals surface area (Å²) in [6.45, 7) is 8.05. The van der Waals surface area contributed by atoms with E-state index in [0.29, 0.717) is 40.2 Å². The molecule has 6 rings (SSSR count). The van der Waals surface area contributed by atoms with E-state index in [1.165, 1.54) is 0 Å². The van der Waals surface area contributed by atoms with Crippen LogP contribution >= 0.6 is 0 Å². The molecule has 0 saturated heterocycles. The Morgan fingerprint density at radius 1 is 1.02 bits per heavy atom. The van der Waals surface area contributed by atoms with Crippen LogP contribution in [0.3, 0.4) is 0 Å². The molecular weight excluding hydrogens is 531 g/mol. The second-order valence-electron chi connectivity index (χ2n) is 11.7. The summed E-state index contributed by atoms with van der Waals surface area (Å²) in [5.74, 6) is -0.621. The number of pyridine rings is 1. The molecule has 0 saturated carbocycles. The van der Waals surface area contributed by atoms with Gasteiger partial charge in [0.25, 0.3) is 0 Å². The first-order valence-corrected chi connectivity index (χ1v) is 14.1. The summed E-state index contributed by atoms with van der Waals surface area (Å²) in [7, 11) is 0. The van der Waals surface area contributed by atoms with Crippen LogP contribution < -0.4 is 4.74 Å². The number of aryl methyl sites for hydroxylation is 2. The van der Waals surface area contributed by atoms with Gasteiger partial charge in [0, 0.05) is 34.6 Å². The summed E-state index contributed by atoms with van der Waals surface area (Å²) in [5, 5.41) is 10.4. The molecule has 5 aromatic rings. The van der Waals surface area contributed by atoms with E-state index in [2.05, 4.69) is 0 Å². The molecule has 7 heteroatoms. The van der Waals surface area contributed by atoms with E-state index in [0.717, 1.165) is 40.8 Å². The van der Waals surface area contributed by atoms with Crippen molar-refractivity contribution in [3.8, 4) is 39.3 Å². The number of carboxylic acids is 1. The Morgan fingerprint density at radius 2 is 1.79 bits per heavy atom. The first-order chi connectivity index (χ1) is 20.1. The smallest absolute Gasteiger partial charge is 0.337 e. The zero-order chi connectivity index (χ0) is 29.6. The number of imidazole rings is 1. The summed E-state index contributed by atoms with van der Waals surface area (Å²) >= 11 is 0. The van der Waals surface area contributed by atoms with Crippen molar-refractivity contribution in [1.82, 2.24) is 9.38 Å². The van der Waals surface area contributed by atoms with E-state index in [4.69, 9.17) is 14.5 Å². The second kappa shape index (κ2) is 10.7. The average Bonchev–Trinajstić information content (AvgIpc) is 3.38. The number of aromatic nitrogens is 2. The van der Waals surface area contributed by atoms with Crippen molar-refractivity contribution < 1.29 is 23.8 Å². The van der Waals surface area contributed by atoms with Gasteiger partial charge in [0.15, 0.2) is 6.10 Å². The van der Waals surface area contributed by atoms with E-state index in [-0.39, 0.29) is 5.82 Å². The van der Waals surface area contributed by atoms with Gasteiger partial charge in [-0.25, -0.2) is 14.2 Å². The summed E-state index contributed by atoms with van der Waals surface area (Å²) in [5.41, 5.74) is 5.65. The molecule has 0 bridgehead atoms. The quantitative estimate of drug-likeness (QED) is 0.226. The Labute approximate surface area is 244 Å². The van der Waals surface area contributed by atoms with Gasteiger partial charge in [-0.15, -0.1) is 0 Å². The predicted octanol–water partition coefficient (Wildman–Crippen LogP) is 8.05. The highest BCUT2D eigenvalue weighted by molar-refractivity contribution is 5.89. The number of hydrogen-bond acceptors (Lipinski definition) is 4. The van der Waals surface area contributed by atoms with E-state index in [1.807, 2.05) is 92.9 Å². The highest BCUT2D eigenvalue weighted by Gasteiger charge is 2.33. The number of nitrogens with zero attached hydrogens (tertiary/aromatic N) is 2. The molecule has 6 nitrogen and oxygen atoms in total. The molecule has 1 aliphatic rings. The Bertz CT molecular complexity index is 1800. The van der Waals surface area contributed by atoms with Crippen LogP contribution in [0.25, 0.3) is 39.2 Å². The van der Waals surface area contributed by atoms with Crippen LogP contribution in [-0.2, 0) is 16.0 Å². The summed E-state index contributed by atoms with van der Waals surface area (Å²) < 4.78 is 29.8. The van der Waals surface area contributed by atoms with Crippen LogP contribution in [0.1, 0.15) is 50.0 Å². The third-order valence-electron chi connectivity index (χ3n) is 7.50.